The van der Waals surface area contributed by atoms with Crippen LogP contribution < -0.4 is 5.32 Å². The number of carbonyl (C=O) groups excluding carboxylic acids is 1. The van der Waals surface area contributed by atoms with Crippen LogP contribution in [0.4, 0.5) is 0 Å². The monoisotopic (exact) mass is 311 g/mol. The first kappa shape index (κ1) is 15.7. The van der Waals surface area contributed by atoms with Gasteiger partial charge in [-0.25, -0.2) is 0 Å². The van der Waals surface area contributed by atoms with E-state index in [4.69, 9.17) is 9.84 Å². The molecule has 0 radical (unpaired) electrons. The van der Waals surface area contributed by atoms with Crippen LogP contribution in [0.15, 0.2) is 54.6 Å². The van der Waals surface area contributed by atoms with Crippen LogP contribution in [0.2, 0.25) is 0 Å². The van der Waals surface area contributed by atoms with Crippen molar-refractivity contribution in [2.24, 2.45) is 0 Å². The van der Waals surface area contributed by atoms with E-state index in [2.05, 4.69) is 5.32 Å². The first-order valence-corrected chi connectivity index (χ1v) is 7.91. The minimum Gasteiger partial charge on any atom is -0.392 e. The average Bonchev–Trinajstić information content (AvgIpc) is 3.12. The zero-order chi connectivity index (χ0) is 16.1. The maximum absolute atomic E-state index is 12.8. The third-order valence-electron chi connectivity index (χ3n) is 4.29. The number of amides is 1. The van der Waals surface area contributed by atoms with Gasteiger partial charge >= 0.3 is 0 Å². The van der Waals surface area contributed by atoms with E-state index < -0.39 is 5.60 Å². The van der Waals surface area contributed by atoms with Crippen molar-refractivity contribution in [2.75, 3.05) is 6.61 Å². The smallest absolute Gasteiger partial charge is 0.257 e. The first-order chi connectivity index (χ1) is 11.2. The Morgan fingerprint density at radius 2 is 1.78 bits per heavy atom. The van der Waals surface area contributed by atoms with Crippen LogP contribution in [-0.2, 0) is 28.3 Å². The van der Waals surface area contributed by atoms with Crippen molar-refractivity contribution >= 4 is 5.91 Å². The van der Waals surface area contributed by atoms with Crippen LogP contribution in [0.1, 0.15) is 29.5 Å². The van der Waals surface area contributed by atoms with E-state index in [0.29, 0.717) is 19.6 Å². The van der Waals surface area contributed by atoms with Gasteiger partial charge in [0.15, 0.2) is 5.60 Å². The summed E-state index contributed by atoms with van der Waals surface area (Å²) in [6, 6.07) is 17.2. The number of hydrogen-bond donors (Lipinski definition) is 2. The van der Waals surface area contributed by atoms with Crippen molar-refractivity contribution in [2.45, 2.75) is 31.6 Å². The minimum absolute atomic E-state index is 0.0254. The van der Waals surface area contributed by atoms with Gasteiger partial charge in [0.1, 0.15) is 0 Å². The molecule has 4 nitrogen and oxygen atoms in total. The molecule has 1 saturated heterocycles. The summed E-state index contributed by atoms with van der Waals surface area (Å²) in [6.45, 7) is 1.08. The van der Waals surface area contributed by atoms with Gasteiger partial charge in [0.2, 0.25) is 0 Å². The van der Waals surface area contributed by atoms with Gasteiger partial charge in [-0.2, -0.15) is 0 Å². The Morgan fingerprint density at radius 3 is 2.39 bits per heavy atom. The number of carbonyl (C=O) groups is 1. The molecular weight excluding hydrogens is 290 g/mol. The Kier molecular flexibility index (Phi) is 4.74. The molecule has 1 unspecified atom stereocenters. The van der Waals surface area contributed by atoms with Crippen molar-refractivity contribution in [3.05, 3.63) is 71.3 Å². The summed E-state index contributed by atoms with van der Waals surface area (Å²) < 4.78 is 5.87. The van der Waals surface area contributed by atoms with Crippen LogP contribution in [0.25, 0.3) is 0 Å². The second-order valence-electron chi connectivity index (χ2n) is 5.80. The summed E-state index contributed by atoms with van der Waals surface area (Å²) >= 11 is 0. The normalized spacial score (nSPS) is 20.4. The molecule has 1 aliphatic heterocycles. The molecule has 1 aliphatic rings. The zero-order valence-corrected chi connectivity index (χ0v) is 13.0. The molecule has 1 atom stereocenters. The quantitative estimate of drug-likeness (QED) is 0.892. The lowest BCUT2D eigenvalue weighted by Gasteiger charge is -2.27. The summed E-state index contributed by atoms with van der Waals surface area (Å²) in [7, 11) is 0. The summed E-state index contributed by atoms with van der Waals surface area (Å²) in [5.41, 5.74) is 1.90. The fourth-order valence-corrected chi connectivity index (χ4v) is 2.97. The molecule has 0 spiro atoms. The highest BCUT2D eigenvalue weighted by atomic mass is 16.5. The summed E-state index contributed by atoms with van der Waals surface area (Å²) in [6.07, 6.45) is 1.58. The number of aliphatic hydroxyl groups is 1. The van der Waals surface area contributed by atoms with Crippen LogP contribution in [0, 0.1) is 0 Å². The van der Waals surface area contributed by atoms with Crippen LogP contribution in [0.5, 0.6) is 0 Å². The molecule has 23 heavy (non-hydrogen) atoms. The molecule has 1 fully saturated rings. The molecular formula is C19H21NO3. The third-order valence-corrected chi connectivity index (χ3v) is 4.29. The Morgan fingerprint density at radius 1 is 1.09 bits per heavy atom. The Hall–Kier alpha value is -2.17. The van der Waals surface area contributed by atoms with E-state index in [1.165, 1.54) is 0 Å². The third kappa shape index (κ3) is 3.28. The maximum atomic E-state index is 12.8. The molecule has 2 N–H and O–H groups in total. The number of rotatable bonds is 5. The van der Waals surface area contributed by atoms with Crippen molar-refractivity contribution in [3.8, 4) is 0 Å². The second-order valence-corrected chi connectivity index (χ2v) is 5.80. The standard InChI is InChI=1S/C19H21NO3/c21-14-16-9-7-15(8-10-16)13-20-18(22)19(11-4-12-23-19)17-5-2-1-3-6-17/h1-3,5-10,21H,4,11-14H2,(H,20,22). The molecule has 0 bridgehead atoms. The predicted octanol–water partition coefficient (Wildman–Crippen LogP) is 2.50. The molecule has 120 valence electrons. The molecule has 0 aromatic heterocycles. The van der Waals surface area contributed by atoms with Gasteiger partial charge in [0, 0.05) is 13.2 Å². The molecule has 0 saturated carbocycles. The lowest BCUT2D eigenvalue weighted by Crippen LogP contribution is -2.43. The first-order valence-electron chi connectivity index (χ1n) is 7.91. The fourth-order valence-electron chi connectivity index (χ4n) is 2.97. The van der Waals surface area contributed by atoms with Gasteiger partial charge in [0.05, 0.1) is 6.61 Å². The highest BCUT2D eigenvalue weighted by molar-refractivity contribution is 5.86. The lowest BCUT2D eigenvalue weighted by molar-refractivity contribution is -0.142. The van der Waals surface area contributed by atoms with E-state index >= 15 is 0 Å². The predicted molar refractivity (Wildman–Crippen MR) is 87.5 cm³/mol. The van der Waals surface area contributed by atoms with Crippen molar-refractivity contribution in [1.29, 1.82) is 0 Å². The summed E-state index contributed by atoms with van der Waals surface area (Å²) in [4.78, 5) is 12.8. The second kappa shape index (κ2) is 6.94. The van der Waals surface area contributed by atoms with Crippen molar-refractivity contribution in [3.63, 3.8) is 0 Å². The van der Waals surface area contributed by atoms with Crippen LogP contribution in [0.3, 0.4) is 0 Å². The number of aliphatic hydroxyl groups excluding tert-OH is 1. The van der Waals surface area contributed by atoms with Gasteiger partial charge in [0.25, 0.3) is 5.91 Å². The van der Waals surface area contributed by atoms with Gasteiger partial charge in [-0.3, -0.25) is 4.79 Å². The SMILES string of the molecule is O=C(NCc1ccc(CO)cc1)C1(c2ccccc2)CCCO1. The van der Waals surface area contributed by atoms with E-state index in [1.807, 2.05) is 54.6 Å². The Balaban J connectivity index is 1.72. The summed E-state index contributed by atoms with van der Waals surface area (Å²) in [5, 5.41) is 12.1. The minimum atomic E-state index is -0.869. The number of nitrogens with one attached hydrogen (secondary N) is 1. The van der Waals surface area contributed by atoms with Gasteiger partial charge < -0.3 is 15.2 Å². The molecule has 1 amide bonds. The van der Waals surface area contributed by atoms with E-state index in [9.17, 15) is 4.79 Å². The van der Waals surface area contributed by atoms with Gasteiger partial charge in [-0.05, 0) is 29.5 Å². The average molecular weight is 311 g/mol. The maximum Gasteiger partial charge on any atom is 0.257 e. The van der Waals surface area contributed by atoms with E-state index in [0.717, 1.165) is 23.1 Å². The van der Waals surface area contributed by atoms with Gasteiger partial charge in [-0.1, -0.05) is 54.6 Å². The van der Waals surface area contributed by atoms with Crippen LogP contribution in [-0.4, -0.2) is 17.6 Å². The van der Waals surface area contributed by atoms with E-state index in [-0.39, 0.29) is 12.5 Å². The molecule has 3 rings (SSSR count). The van der Waals surface area contributed by atoms with Gasteiger partial charge in [-0.15, -0.1) is 0 Å². The van der Waals surface area contributed by atoms with Crippen LogP contribution >= 0.6 is 0 Å². The highest BCUT2D eigenvalue weighted by Gasteiger charge is 2.44. The lowest BCUT2D eigenvalue weighted by atomic mass is 9.90. The largest absolute Gasteiger partial charge is 0.392 e. The van der Waals surface area contributed by atoms with Crippen molar-refractivity contribution < 1.29 is 14.6 Å². The zero-order valence-electron chi connectivity index (χ0n) is 13.0. The Bertz CT molecular complexity index is 646. The number of ether oxygens (including phenoxy) is 1. The molecule has 0 aliphatic carbocycles. The molecule has 4 heteroatoms. The molecule has 1 heterocycles. The number of hydrogen-bond acceptors (Lipinski definition) is 3. The topological polar surface area (TPSA) is 58.6 Å². The molecule has 2 aromatic rings. The number of benzene rings is 2. The molecule has 2 aromatic carbocycles. The fraction of sp³-hybridized carbons (Fsp3) is 0.316. The summed E-state index contributed by atoms with van der Waals surface area (Å²) in [5.74, 6) is -0.0903. The highest BCUT2D eigenvalue weighted by Crippen LogP contribution is 2.36. The Labute approximate surface area is 136 Å². The van der Waals surface area contributed by atoms with E-state index in [1.54, 1.807) is 0 Å². The van der Waals surface area contributed by atoms with Crippen molar-refractivity contribution in [1.82, 2.24) is 5.32 Å².